The Bertz CT molecular complexity index is 646. The Morgan fingerprint density at radius 2 is 1.95 bits per heavy atom. The summed E-state index contributed by atoms with van der Waals surface area (Å²) in [5.74, 6) is 0.364. The van der Waals surface area contributed by atoms with E-state index in [0.717, 1.165) is 0 Å². The van der Waals surface area contributed by atoms with Crippen LogP contribution in [0.15, 0.2) is 48.5 Å². The summed E-state index contributed by atoms with van der Waals surface area (Å²) in [7, 11) is 0. The van der Waals surface area contributed by atoms with Gasteiger partial charge in [-0.05, 0) is 44.2 Å². The van der Waals surface area contributed by atoms with E-state index in [9.17, 15) is 9.90 Å². The summed E-state index contributed by atoms with van der Waals surface area (Å²) < 4.78 is 5.88. The van der Waals surface area contributed by atoms with Crippen LogP contribution in [0.25, 0.3) is 0 Å². The topological polar surface area (TPSA) is 49.8 Å². The molecular formula is C17H18ClNO3. The van der Waals surface area contributed by atoms with Gasteiger partial charge in [0, 0.05) is 11.6 Å². The first-order valence-corrected chi connectivity index (χ1v) is 7.42. The third kappa shape index (κ3) is 3.71. The second-order valence-corrected chi connectivity index (χ2v) is 5.26. The average molecular weight is 320 g/mol. The minimum atomic E-state index is -0.896. The molecule has 116 valence electrons. The number of halogens is 1. The van der Waals surface area contributed by atoms with Crippen molar-refractivity contribution in [1.29, 1.82) is 0 Å². The van der Waals surface area contributed by atoms with Gasteiger partial charge in [-0.1, -0.05) is 29.8 Å². The van der Waals surface area contributed by atoms with Crippen LogP contribution in [0.2, 0.25) is 5.02 Å². The SMILES string of the molecule is CCN(c1cc(Cl)ccc1Oc1ccccc1)[C@@H](C)C(=O)O. The van der Waals surface area contributed by atoms with Gasteiger partial charge in [0.2, 0.25) is 0 Å². The van der Waals surface area contributed by atoms with Crippen molar-refractivity contribution in [1.82, 2.24) is 0 Å². The lowest BCUT2D eigenvalue weighted by Crippen LogP contribution is -2.39. The van der Waals surface area contributed by atoms with Crippen LogP contribution in [0.5, 0.6) is 11.5 Å². The highest BCUT2D eigenvalue weighted by atomic mass is 35.5. The van der Waals surface area contributed by atoms with E-state index in [-0.39, 0.29) is 0 Å². The van der Waals surface area contributed by atoms with Gasteiger partial charge in [0.05, 0.1) is 5.69 Å². The monoisotopic (exact) mass is 319 g/mol. The molecule has 0 aliphatic heterocycles. The number of hydrogen-bond acceptors (Lipinski definition) is 3. The summed E-state index contributed by atoms with van der Waals surface area (Å²) in [6.45, 7) is 4.06. The smallest absolute Gasteiger partial charge is 0.326 e. The molecule has 0 unspecified atom stereocenters. The number of ether oxygens (including phenoxy) is 1. The second-order valence-electron chi connectivity index (χ2n) is 4.83. The molecule has 0 saturated heterocycles. The van der Waals surface area contributed by atoms with Gasteiger partial charge in [-0.15, -0.1) is 0 Å². The molecule has 0 heterocycles. The molecule has 5 heteroatoms. The van der Waals surface area contributed by atoms with Crippen LogP contribution in [-0.2, 0) is 4.79 Å². The largest absolute Gasteiger partial charge is 0.480 e. The number of hydrogen-bond donors (Lipinski definition) is 1. The van der Waals surface area contributed by atoms with Crippen LogP contribution in [0.1, 0.15) is 13.8 Å². The van der Waals surface area contributed by atoms with Gasteiger partial charge < -0.3 is 14.7 Å². The number of carboxylic acids is 1. The molecule has 1 N–H and O–H groups in total. The molecule has 0 bridgehead atoms. The second kappa shape index (κ2) is 7.18. The molecular weight excluding hydrogens is 302 g/mol. The number of anilines is 1. The lowest BCUT2D eigenvalue weighted by Gasteiger charge is -2.29. The Balaban J connectivity index is 2.40. The van der Waals surface area contributed by atoms with Crippen molar-refractivity contribution >= 4 is 23.3 Å². The Labute approximate surface area is 134 Å². The van der Waals surface area contributed by atoms with E-state index in [2.05, 4.69) is 0 Å². The summed E-state index contributed by atoms with van der Waals surface area (Å²) in [5.41, 5.74) is 0.661. The Kier molecular flexibility index (Phi) is 5.28. The number of carbonyl (C=O) groups is 1. The highest BCUT2D eigenvalue weighted by Crippen LogP contribution is 2.35. The molecule has 0 amide bonds. The van der Waals surface area contributed by atoms with E-state index in [1.54, 1.807) is 30.0 Å². The van der Waals surface area contributed by atoms with Gasteiger partial charge in [0.25, 0.3) is 0 Å². The van der Waals surface area contributed by atoms with Crippen LogP contribution < -0.4 is 9.64 Å². The van der Waals surface area contributed by atoms with Crippen molar-refractivity contribution in [2.45, 2.75) is 19.9 Å². The minimum Gasteiger partial charge on any atom is -0.480 e. The molecule has 0 aliphatic rings. The summed E-state index contributed by atoms with van der Waals surface area (Å²) in [5, 5.41) is 9.81. The predicted octanol–water partition coefficient (Wildman–Crippen LogP) is 4.43. The first kappa shape index (κ1) is 16.2. The summed E-state index contributed by atoms with van der Waals surface area (Å²) in [6, 6.07) is 13.9. The molecule has 2 aromatic rings. The van der Waals surface area contributed by atoms with E-state index in [4.69, 9.17) is 16.3 Å². The van der Waals surface area contributed by atoms with Crippen LogP contribution in [0.4, 0.5) is 5.69 Å². The zero-order valence-corrected chi connectivity index (χ0v) is 13.2. The number of rotatable bonds is 6. The van der Waals surface area contributed by atoms with E-state index in [0.29, 0.717) is 28.8 Å². The Morgan fingerprint density at radius 3 is 2.55 bits per heavy atom. The fourth-order valence-corrected chi connectivity index (χ4v) is 2.37. The molecule has 0 spiro atoms. The summed E-state index contributed by atoms with van der Waals surface area (Å²) in [6.07, 6.45) is 0. The van der Waals surface area contributed by atoms with Crippen molar-refractivity contribution in [3.63, 3.8) is 0 Å². The molecule has 2 aromatic carbocycles. The van der Waals surface area contributed by atoms with Crippen LogP contribution >= 0.6 is 11.6 Å². The van der Waals surface area contributed by atoms with Crippen LogP contribution in [-0.4, -0.2) is 23.7 Å². The van der Waals surface area contributed by atoms with E-state index in [1.165, 1.54) is 0 Å². The first-order chi connectivity index (χ1) is 10.5. The van der Waals surface area contributed by atoms with E-state index in [1.807, 2.05) is 37.3 Å². The lowest BCUT2D eigenvalue weighted by atomic mass is 10.2. The summed E-state index contributed by atoms with van der Waals surface area (Å²) in [4.78, 5) is 13.1. The standard InChI is InChI=1S/C17H18ClNO3/c1-3-19(12(2)17(20)21)15-11-13(18)9-10-16(15)22-14-7-5-4-6-8-14/h4-12H,3H2,1-2H3,(H,20,21)/t12-/m0/s1. The summed E-state index contributed by atoms with van der Waals surface area (Å²) >= 11 is 6.08. The van der Waals surface area contributed by atoms with Crippen molar-refractivity contribution in [3.05, 3.63) is 53.6 Å². The molecule has 4 nitrogen and oxygen atoms in total. The zero-order valence-electron chi connectivity index (χ0n) is 12.5. The molecule has 0 fully saturated rings. The third-order valence-electron chi connectivity index (χ3n) is 3.37. The van der Waals surface area contributed by atoms with Gasteiger partial charge in [0.1, 0.15) is 11.8 Å². The van der Waals surface area contributed by atoms with Crippen LogP contribution in [0, 0.1) is 0 Å². The lowest BCUT2D eigenvalue weighted by molar-refractivity contribution is -0.138. The van der Waals surface area contributed by atoms with Gasteiger partial charge >= 0.3 is 5.97 Å². The van der Waals surface area contributed by atoms with Crippen molar-refractivity contribution in [2.24, 2.45) is 0 Å². The van der Waals surface area contributed by atoms with E-state index >= 15 is 0 Å². The normalized spacial score (nSPS) is 11.8. The van der Waals surface area contributed by atoms with Gasteiger partial charge in [-0.3, -0.25) is 0 Å². The fraction of sp³-hybridized carbons (Fsp3) is 0.235. The Hall–Kier alpha value is -2.20. The highest BCUT2D eigenvalue weighted by molar-refractivity contribution is 6.31. The minimum absolute atomic E-state index is 0.527. The van der Waals surface area contributed by atoms with Crippen LogP contribution in [0.3, 0.4) is 0 Å². The highest BCUT2D eigenvalue weighted by Gasteiger charge is 2.23. The van der Waals surface area contributed by atoms with Crippen molar-refractivity contribution in [3.8, 4) is 11.5 Å². The number of likely N-dealkylation sites (N-methyl/N-ethyl adjacent to an activating group) is 1. The number of aliphatic carboxylic acids is 1. The van der Waals surface area contributed by atoms with Crippen molar-refractivity contribution < 1.29 is 14.6 Å². The van der Waals surface area contributed by atoms with E-state index < -0.39 is 12.0 Å². The first-order valence-electron chi connectivity index (χ1n) is 7.04. The molecule has 22 heavy (non-hydrogen) atoms. The molecule has 0 radical (unpaired) electrons. The molecule has 2 rings (SSSR count). The maximum atomic E-state index is 11.3. The van der Waals surface area contributed by atoms with Gasteiger partial charge in [0.15, 0.2) is 5.75 Å². The number of carboxylic acid groups (broad SMARTS) is 1. The zero-order chi connectivity index (χ0) is 16.1. The van der Waals surface area contributed by atoms with Crippen molar-refractivity contribution in [2.75, 3.05) is 11.4 Å². The molecule has 0 aliphatic carbocycles. The number of para-hydroxylation sites is 1. The molecule has 0 aromatic heterocycles. The maximum Gasteiger partial charge on any atom is 0.326 e. The fourth-order valence-electron chi connectivity index (χ4n) is 2.20. The maximum absolute atomic E-state index is 11.3. The molecule has 1 atom stereocenters. The third-order valence-corrected chi connectivity index (χ3v) is 3.60. The number of benzene rings is 2. The molecule has 0 saturated carbocycles. The predicted molar refractivity (Wildman–Crippen MR) is 88.1 cm³/mol. The number of nitrogens with zero attached hydrogens (tertiary/aromatic N) is 1. The average Bonchev–Trinajstić information content (AvgIpc) is 2.51. The van der Waals surface area contributed by atoms with Gasteiger partial charge in [-0.2, -0.15) is 0 Å². The Morgan fingerprint density at radius 1 is 1.27 bits per heavy atom. The quantitative estimate of drug-likeness (QED) is 0.855. The van der Waals surface area contributed by atoms with Gasteiger partial charge in [-0.25, -0.2) is 4.79 Å².